The first-order valence-electron chi connectivity index (χ1n) is 8.29. The fraction of sp³-hybridized carbons (Fsp3) is 0.300. The number of benzene rings is 2. The van der Waals surface area contributed by atoms with Gasteiger partial charge in [-0.25, -0.2) is 0 Å². The third-order valence-corrected chi connectivity index (χ3v) is 4.12. The predicted molar refractivity (Wildman–Crippen MR) is 102 cm³/mol. The molecule has 2 amide bonds. The van der Waals surface area contributed by atoms with Crippen LogP contribution in [-0.2, 0) is 16.0 Å². The van der Waals surface area contributed by atoms with Gasteiger partial charge >= 0.3 is 11.8 Å². The second-order valence-corrected chi connectivity index (χ2v) is 6.32. The highest BCUT2D eigenvalue weighted by Gasteiger charge is 2.13. The van der Waals surface area contributed by atoms with Crippen molar-refractivity contribution in [3.8, 4) is 0 Å². The number of rotatable bonds is 5. The molecule has 5 heteroatoms. The van der Waals surface area contributed by atoms with Gasteiger partial charge in [-0.2, -0.15) is 0 Å². The Bertz CT molecular complexity index is 752. The fourth-order valence-electron chi connectivity index (χ4n) is 2.37. The summed E-state index contributed by atoms with van der Waals surface area (Å²) in [7, 11) is 3.98. The van der Waals surface area contributed by atoms with Crippen molar-refractivity contribution in [2.45, 2.75) is 20.3 Å². The van der Waals surface area contributed by atoms with Gasteiger partial charge in [0, 0.05) is 32.0 Å². The number of nitrogens with one attached hydrogen (secondary N) is 2. The molecule has 5 nitrogen and oxygen atoms in total. The minimum Gasteiger partial charge on any atom is -0.378 e. The van der Waals surface area contributed by atoms with Gasteiger partial charge in [0.1, 0.15) is 0 Å². The zero-order valence-corrected chi connectivity index (χ0v) is 15.2. The number of hydrogen-bond donors (Lipinski definition) is 2. The largest absolute Gasteiger partial charge is 0.378 e. The van der Waals surface area contributed by atoms with Crippen LogP contribution in [0, 0.1) is 13.8 Å². The van der Waals surface area contributed by atoms with Crippen molar-refractivity contribution in [3.05, 3.63) is 59.2 Å². The number of carbonyl (C=O) groups excluding carboxylic acids is 2. The number of anilines is 2. The van der Waals surface area contributed by atoms with Crippen LogP contribution in [-0.4, -0.2) is 32.5 Å². The normalized spacial score (nSPS) is 10.2. The average molecular weight is 339 g/mol. The summed E-state index contributed by atoms with van der Waals surface area (Å²) in [5, 5.41) is 5.27. The number of nitrogens with zero attached hydrogens (tertiary/aromatic N) is 1. The molecule has 0 aliphatic heterocycles. The highest BCUT2D eigenvalue weighted by Crippen LogP contribution is 2.14. The van der Waals surface area contributed by atoms with E-state index in [0.29, 0.717) is 18.7 Å². The molecule has 0 aliphatic carbocycles. The molecule has 25 heavy (non-hydrogen) atoms. The second kappa shape index (κ2) is 8.33. The molecule has 2 rings (SSSR count). The average Bonchev–Trinajstić information content (AvgIpc) is 2.58. The van der Waals surface area contributed by atoms with E-state index in [9.17, 15) is 9.59 Å². The van der Waals surface area contributed by atoms with Crippen LogP contribution in [0.2, 0.25) is 0 Å². The summed E-state index contributed by atoms with van der Waals surface area (Å²) in [6.45, 7) is 4.38. The zero-order chi connectivity index (χ0) is 18.4. The smallest absolute Gasteiger partial charge is 0.313 e. The fourth-order valence-corrected chi connectivity index (χ4v) is 2.37. The lowest BCUT2D eigenvalue weighted by Crippen LogP contribution is -2.36. The van der Waals surface area contributed by atoms with E-state index < -0.39 is 11.8 Å². The van der Waals surface area contributed by atoms with E-state index in [4.69, 9.17) is 0 Å². The first kappa shape index (κ1) is 18.5. The van der Waals surface area contributed by atoms with E-state index in [1.54, 1.807) is 6.07 Å². The van der Waals surface area contributed by atoms with Gasteiger partial charge in [-0.3, -0.25) is 9.59 Å². The summed E-state index contributed by atoms with van der Waals surface area (Å²) in [4.78, 5) is 25.9. The van der Waals surface area contributed by atoms with E-state index >= 15 is 0 Å². The molecule has 0 radical (unpaired) electrons. The monoisotopic (exact) mass is 339 g/mol. The Labute approximate surface area is 149 Å². The van der Waals surface area contributed by atoms with Crippen molar-refractivity contribution in [2.75, 3.05) is 30.9 Å². The highest BCUT2D eigenvalue weighted by atomic mass is 16.2. The minimum atomic E-state index is -0.647. The molecule has 132 valence electrons. The molecular formula is C20H25N3O2. The van der Waals surface area contributed by atoms with Crippen LogP contribution in [0.25, 0.3) is 0 Å². The van der Waals surface area contributed by atoms with Crippen LogP contribution < -0.4 is 15.5 Å². The van der Waals surface area contributed by atoms with E-state index in [-0.39, 0.29) is 0 Å². The molecule has 0 heterocycles. The molecule has 0 aromatic heterocycles. The van der Waals surface area contributed by atoms with E-state index in [2.05, 4.69) is 10.6 Å². The summed E-state index contributed by atoms with van der Waals surface area (Å²) in [6.07, 6.45) is 0.677. The molecule has 0 atom stereocenters. The van der Waals surface area contributed by atoms with E-state index in [1.165, 1.54) is 0 Å². The van der Waals surface area contributed by atoms with Crippen molar-refractivity contribution in [1.29, 1.82) is 0 Å². The summed E-state index contributed by atoms with van der Waals surface area (Å²) in [5.74, 6) is -1.27. The van der Waals surface area contributed by atoms with E-state index in [1.807, 2.05) is 69.2 Å². The zero-order valence-electron chi connectivity index (χ0n) is 15.2. The first-order chi connectivity index (χ1) is 11.9. The molecule has 0 bridgehead atoms. The molecule has 0 unspecified atom stereocenters. The summed E-state index contributed by atoms with van der Waals surface area (Å²) in [6, 6.07) is 13.7. The van der Waals surface area contributed by atoms with Crippen molar-refractivity contribution in [3.63, 3.8) is 0 Å². The van der Waals surface area contributed by atoms with Crippen LogP contribution in [0.15, 0.2) is 42.5 Å². The van der Waals surface area contributed by atoms with Crippen LogP contribution in [0.3, 0.4) is 0 Å². The highest BCUT2D eigenvalue weighted by molar-refractivity contribution is 6.39. The molecule has 0 aliphatic rings. The topological polar surface area (TPSA) is 61.4 Å². The third kappa shape index (κ3) is 5.35. The van der Waals surface area contributed by atoms with Gasteiger partial charge in [-0.1, -0.05) is 18.2 Å². The van der Waals surface area contributed by atoms with Crippen molar-refractivity contribution >= 4 is 23.2 Å². The van der Waals surface area contributed by atoms with Gasteiger partial charge in [0.2, 0.25) is 0 Å². The molecule has 0 spiro atoms. The SMILES string of the molecule is Cc1ccc(NC(=O)C(=O)NCCc2ccc(N(C)C)cc2)cc1C. The standard InChI is InChI=1S/C20H25N3O2/c1-14-5-8-17(13-15(14)2)22-20(25)19(24)21-12-11-16-6-9-18(10-7-16)23(3)4/h5-10,13H,11-12H2,1-4H3,(H,21,24)(H,22,25). The van der Waals surface area contributed by atoms with Crippen LogP contribution in [0.1, 0.15) is 16.7 Å². The van der Waals surface area contributed by atoms with Gasteiger partial charge in [-0.15, -0.1) is 0 Å². The Morgan fingerprint density at radius 1 is 0.920 bits per heavy atom. The maximum absolute atomic E-state index is 11.9. The molecular weight excluding hydrogens is 314 g/mol. The number of carbonyl (C=O) groups is 2. The summed E-state index contributed by atoms with van der Waals surface area (Å²) in [5.41, 5.74) is 5.07. The Balaban J connectivity index is 1.81. The van der Waals surface area contributed by atoms with Gasteiger partial charge in [0.15, 0.2) is 0 Å². The third-order valence-electron chi connectivity index (χ3n) is 4.12. The Hall–Kier alpha value is -2.82. The lowest BCUT2D eigenvalue weighted by Gasteiger charge is -2.12. The molecule has 0 fully saturated rings. The van der Waals surface area contributed by atoms with Crippen molar-refractivity contribution in [2.24, 2.45) is 0 Å². The Morgan fingerprint density at radius 3 is 2.20 bits per heavy atom. The molecule has 2 N–H and O–H groups in total. The lowest BCUT2D eigenvalue weighted by molar-refractivity contribution is -0.136. The maximum atomic E-state index is 11.9. The van der Waals surface area contributed by atoms with Gasteiger partial charge in [0.05, 0.1) is 0 Å². The number of amides is 2. The molecule has 0 saturated heterocycles. The predicted octanol–water partition coefficient (Wildman–Crippen LogP) is 2.67. The minimum absolute atomic E-state index is 0.417. The Kier molecular flexibility index (Phi) is 6.17. The van der Waals surface area contributed by atoms with Gasteiger partial charge < -0.3 is 15.5 Å². The maximum Gasteiger partial charge on any atom is 0.313 e. The molecule has 2 aromatic carbocycles. The van der Waals surface area contributed by atoms with Gasteiger partial charge in [-0.05, 0) is 61.2 Å². The Morgan fingerprint density at radius 2 is 1.60 bits per heavy atom. The summed E-state index contributed by atoms with van der Waals surface area (Å²) < 4.78 is 0. The van der Waals surface area contributed by atoms with Crippen molar-refractivity contribution < 1.29 is 9.59 Å². The van der Waals surface area contributed by atoms with E-state index in [0.717, 1.165) is 22.4 Å². The van der Waals surface area contributed by atoms with Gasteiger partial charge in [0.25, 0.3) is 0 Å². The quantitative estimate of drug-likeness (QED) is 0.823. The van der Waals surface area contributed by atoms with Crippen LogP contribution in [0.4, 0.5) is 11.4 Å². The second-order valence-electron chi connectivity index (χ2n) is 6.32. The van der Waals surface area contributed by atoms with Crippen LogP contribution >= 0.6 is 0 Å². The molecule has 0 saturated carbocycles. The van der Waals surface area contributed by atoms with Crippen molar-refractivity contribution in [1.82, 2.24) is 5.32 Å². The van der Waals surface area contributed by atoms with Crippen LogP contribution in [0.5, 0.6) is 0 Å². The number of aryl methyl sites for hydroxylation is 2. The first-order valence-corrected chi connectivity index (χ1v) is 8.29. The summed E-state index contributed by atoms with van der Waals surface area (Å²) >= 11 is 0. The lowest BCUT2D eigenvalue weighted by atomic mass is 10.1. The number of hydrogen-bond acceptors (Lipinski definition) is 3. The molecule has 2 aromatic rings.